The van der Waals surface area contributed by atoms with Gasteiger partial charge in [0.2, 0.25) is 0 Å². The summed E-state index contributed by atoms with van der Waals surface area (Å²) in [5, 5.41) is 6.23. The Kier molecular flexibility index (Phi) is 4.90. The molecule has 4 bridgehead atoms. The first-order valence-corrected chi connectivity index (χ1v) is 11.3. The maximum atomic E-state index is 12.5. The molecule has 6 atom stereocenters. The summed E-state index contributed by atoms with van der Waals surface area (Å²) < 4.78 is 0. The van der Waals surface area contributed by atoms with Crippen molar-refractivity contribution in [3.8, 4) is 0 Å². The van der Waals surface area contributed by atoms with Gasteiger partial charge in [0.25, 0.3) is 11.8 Å². The normalized spacial score (nSPS) is 35.3. The number of carbonyl (C=O) groups excluding carboxylic acids is 2. The van der Waals surface area contributed by atoms with Gasteiger partial charge in [0.1, 0.15) is 0 Å². The highest BCUT2D eigenvalue weighted by molar-refractivity contribution is 5.97. The van der Waals surface area contributed by atoms with Gasteiger partial charge in [-0.25, -0.2) is 0 Å². The van der Waals surface area contributed by atoms with Crippen molar-refractivity contribution in [1.82, 2.24) is 10.6 Å². The van der Waals surface area contributed by atoms with Gasteiger partial charge in [0.15, 0.2) is 0 Å². The monoisotopic (exact) mass is 380 g/mol. The van der Waals surface area contributed by atoms with E-state index in [4.69, 9.17) is 0 Å². The summed E-state index contributed by atoms with van der Waals surface area (Å²) in [4.78, 5) is 24.9. The Balaban J connectivity index is 1.10. The lowest BCUT2D eigenvalue weighted by atomic mass is 9.89. The third-order valence-electron chi connectivity index (χ3n) is 8.23. The molecule has 0 aromatic heterocycles. The molecule has 4 heteroatoms. The number of rotatable bonds is 6. The average molecular weight is 381 g/mol. The molecule has 0 saturated heterocycles. The first kappa shape index (κ1) is 18.2. The zero-order chi connectivity index (χ0) is 19.1. The molecule has 4 aliphatic carbocycles. The van der Waals surface area contributed by atoms with Gasteiger partial charge >= 0.3 is 0 Å². The minimum Gasteiger partial charge on any atom is -0.352 e. The summed E-state index contributed by atoms with van der Waals surface area (Å²) in [6, 6.07) is 7.12. The van der Waals surface area contributed by atoms with Crippen LogP contribution in [0.25, 0.3) is 0 Å². The molecule has 2 N–H and O–H groups in total. The van der Waals surface area contributed by atoms with Crippen LogP contribution in [0, 0.1) is 35.5 Å². The van der Waals surface area contributed by atoms with Crippen molar-refractivity contribution in [2.75, 3.05) is 13.1 Å². The average Bonchev–Trinajstić information content (AvgIpc) is 3.52. The number of amides is 2. The van der Waals surface area contributed by atoms with Crippen LogP contribution in [0.3, 0.4) is 0 Å². The molecule has 5 rings (SSSR count). The van der Waals surface area contributed by atoms with E-state index in [1.54, 1.807) is 24.3 Å². The summed E-state index contributed by atoms with van der Waals surface area (Å²) in [7, 11) is 0. The van der Waals surface area contributed by atoms with Crippen LogP contribution in [-0.2, 0) is 0 Å². The second kappa shape index (κ2) is 7.53. The largest absolute Gasteiger partial charge is 0.352 e. The highest BCUT2D eigenvalue weighted by Gasteiger charge is 2.40. The summed E-state index contributed by atoms with van der Waals surface area (Å²) in [5.74, 6) is 4.76. The Labute approximate surface area is 167 Å². The Bertz CT molecular complexity index is 680. The predicted octanol–water partition coefficient (Wildman–Crippen LogP) is 4.02. The van der Waals surface area contributed by atoms with Crippen molar-refractivity contribution >= 4 is 11.8 Å². The van der Waals surface area contributed by atoms with Crippen LogP contribution in [0.1, 0.15) is 72.1 Å². The molecule has 28 heavy (non-hydrogen) atoms. The van der Waals surface area contributed by atoms with Crippen LogP contribution in [0.15, 0.2) is 24.3 Å². The van der Waals surface area contributed by atoms with Crippen LogP contribution in [0.4, 0.5) is 0 Å². The van der Waals surface area contributed by atoms with Crippen LogP contribution < -0.4 is 10.6 Å². The van der Waals surface area contributed by atoms with Gasteiger partial charge in [0.05, 0.1) is 0 Å². The topological polar surface area (TPSA) is 58.2 Å². The molecule has 0 radical (unpaired) electrons. The van der Waals surface area contributed by atoms with Crippen LogP contribution in [0.2, 0.25) is 0 Å². The summed E-state index contributed by atoms with van der Waals surface area (Å²) in [5.41, 5.74) is 1.29. The van der Waals surface area contributed by atoms with E-state index in [1.807, 2.05) is 0 Å². The van der Waals surface area contributed by atoms with Gasteiger partial charge in [-0.2, -0.15) is 0 Å². The maximum absolute atomic E-state index is 12.5. The fraction of sp³-hybridized carbons (Fsp3) is 0.667. The highest BCUT2D eigenvalue weighted by Crippen LogP contribution is 2.48. The smallest absolute Gasteiger partial charge is 0.251 e. The Morgan fingerprint density at radius 1 is 0.679 bits per heavy atom. The van der Waals surface area contributed by atoms with E-state index in [2.05, 4.69) is 10.6 Å². The molecule has 2 amide bonds. The Morgan fingerprint density at radius 3 is 1.43 bits per heavy atom. The van der Waals surface area contributed by atoms with E-state index in [0.29, 0.717) is 23.0 Å². The van der Waals surface area contributed by atoms with Crippen molar-refractivity contribution in [3.63, 3.8) is 0 Å². The molecule has 0 unspecified atom stereocenters. The molecule has 1 aromatic rings. The lowest BCUT2D eigenvalue weighted by Crippen LogP contribution is -2.32. The SMILES string of the molecule is O=C(NC[C@@H]1C[C@@H]2CC[C@@H]1C2)c1ccc(C(=O)NC[C@@H]2C[C@@H]3CC[C@@H]2C3)cc1. The van der Waals surface area contributed by atoms with Crippen molar-refractivity contribution in [2.45, 2.75) is 51.4 Å². The number of nitrogens with one attached hydrogen (secondary N) is 2. The minimum absolute atomic E-state index is 0.0169. The van der Waals surface area contributed by atoms with Crippen LogP contribution in [-0.4, -0.2) is 24.9 Å². The third kappa shape index (κ3) is 3.58. The molecule has 150 valence electrons. The van der Waals surface area contributed by atoms with E-state index < -0.39 is 0 Å². The molecule has 4 fully saturated rings. The number of fused-ring (bicyclic) bond motifs is 4. The van der Waals surface area contributed by atoms with Gasteiger partial charge in [0, 0.05) is 24.2 Å². The molecule has 4 nitrogen and oxygen atoms in total. The van der Waals surface area contributed by atoms with Crippen molar-refractivity contribution < 1.29 is 9.59 Å². The minimum atomic E-state index is -0.0169. The zero-order valence-corrected chi connectivity index (χ0v) is 16.7. The second-order valence-electron chi connectivity index (χ2n) is 9.87. The molecule has 4 saturated carbocycles. The quantitative estimate of drug-likeness (QED) is 0.783. The highest BCUT2D eigenvalue weighted by atomic mass is 16.2. The van der Waals surface area contributed by atoms with Gasteiger partial charge in [-0.05, 0) is 98.3 Å². The molecule has 4 aliphatic rings. The number of benzene rings is 1. The fourth-order valence-electron chi connectivity index (χ4n) is 6.68. The molecular weight excluding hydrogens is 348 g/mol. The van der Waals surface area contributed by atoms with Gasteiger partial charge in [-0.15, -0.1) is 0 Å². The van der Waals surface area contributed by atoms with Crippen molar-refractivity contribution in [2.24, 2.45) is 35.5 Å². The summed E-state index contributed by atoms with van der Waals surface area (Å²) >= 11 is 0. The van der Waals surface area contributed by atoms with Gasteiger partial charge in [-0.3, -0.25) is 9.59 Å². The van der Waals surface area contributed by atoms with Gasteiger partial charge < -0.3 is 10.6 Å². The van der Waals surface area contributed by atoms with Gasteiger partial charge in [-0.1, -0.05) is 12.8 Å². The summed E-state index contributed by atoms with van der Waals surface area (Å²) in [6.45, 7) is 1.59. The van der Waals surface area contributed by atoms with E-state index in [9.17, 15) is 9.59 Å². The standard InChI is InChI=1S/C24H32N2O2/c27-23(25-13-21-11-15-1-3-19(21)9-15)17-5-7-18(8-6-17)24(28)26-14-22-12-16-2-4-20(22)10-16/h5-8,15-16,19-22H,1-4,9-14H2,(H,25,27)(H,26,28)/t15-,16-,19-,20-,21+,22+/m1/s1. The number of hydrogen-bond acceptors (Lipinski definition) is 2. The summed E-state index contributed by atoms with van der Waals surface area (Å²) in [6.07, 6.45) is 10.8. The molecule has 1 aromatic carbocycles. The zero-order valence-electron chi connectivity index (χ0n) is 16.7. The van der Waals surface area contributed by atoms with Crippen LogP contribution in [0.5, 0.6) is 0 Å². The van der Waals surface area contributed by atoms with E-state index in [0.717, 1.165) is 36.8 Å². The van der Waals surface area contributed by atoms with Crippen LogP contribution >= 0.6 is 0 Å². The first-order chi connectivity index (χ1) is 13.7. The molecule has 0 heterocycles. The second-order valence-corrected chi connectivity index (χ2v) is 9.87. The molecule has 0 spiro atoms. The van der Waals surface area contributed by atoms with Crippen molar-refractivity contribution in [1.29, 1.82) is 0 Å². The number of hydrogen-bond donors (Lipinski definition) is 2. The third-order valence-corrected chi connectivity index (χ3v) is 8.23. The molecular formula is C24H32N2O2. The Morgan fingerprint density at radius 2 is 1.11 bits per heavy atom. The fourth-order valence-corrected chi connectivity index (χ4v) is 6.68. The lowest BCUT2D eigenvalue weighted by Gasteiger charge is -2.22. The maximum Gasteiger partial charge on any atom is 0.251 e. The van der Waals surface area contributed by atoms with E-state index in [1.165, 1.54) is 51.4 Å². The van der Waals surface area contributed by atoms with E-state index >= 15 is 0 Å². The van der Waals surface area contributed by atoms with Crippen molar-refractivity contribution in [3.05, 3.63) is 35.4 Å². The first-order valence-electron chi connectivity index (χ1n) is 11.3. The lowest BCUT2D eigenvalue weighted by molar-refractivity contribution is 0.0930. The number of carbonyl (C=O) groups is 2. The molecule has 0 aliphatic heterocycles. The van der Waals surface area contributed by atoms with E-state index in [-0.39, 0.29) is 11.8 Å². The predicted molar refractivity (Wildman–Crippen MR) is 109 cm³/mol. The Hall–Kier alpha value is -1.84.